The number of likely N-dealkylation sites (tertiary alicyclic amines) is 1. The van der Waals surface area contributed by atoms with Crippen molar-refractivity contribution in [3.05, 3.63) is 23.8 Å². The minimum absolute atomic E-state index is 0.264. The Morgan fingerprint density at radius 1 is 1.38 bits per heavy atom. The van der Waals surface area contributed by atoms with Crippen molar-refractivity contribution < 1.29 is 20.1 Å². The zero-order valence-corrected chi connectivity index (χ0v) is 12.1. The monoisotopic (exact) mass is 296 g/mol. The highest BCUT2D eigenvalue weighted by molar-refractivity contribution is 5.70. The third-order valence-electron chi connectivity index (χ3n) is 4.19. The molecule has 4 N–H and O–H groups in total. The van der Waals surface area contributed by atoms with Gasteiger partial charge in [-0.15, -0.1) is 0 Å². The van der Waals surface area contributed by atoms with E-state index >= 15 is 0 Å². The number of nitrogens with zero attached hydrogens (tertiary/aromatic N) is 1. The van der Waals surface area contributed by atoms with Crippen LogP contribution < -0.4 is 5.32 Å². The second kappa shape index (κ2) is 7.70. The van der Waals surface area contributed by atoms with E-state index in [1.54, 1.807) is 0 Å². The standard InChI is InChI=1S/C15H24N2O4/c18-13(17-8-6-12(7-9-17)15(20)21)10-16-14(19)11-4-2-1-3-5-11/h1-2,4,12-14,16,18-19H,3,5-10H2,(H,20,21). The van der Waals surface area contributed by atoms with Gasteiger partial charge in [0.2, 0.25) is 0 Å². The van der Waals surface area contributed by atoms with Gasteiger partial charge in [0, 0.05) is 19.6 Å². The number of aliphatic hydroxyl groups is 2. The summed E-state index contributed by atoms with van der Waals surface area (Å²) in [6, 6.07) is 0. The molecule has 21 heavy (non-hydrogen) atoms. The lowest BCUT2D eigenvalue weighted by molar-refractivity contribution is -0.144. The summed E-state index contributed by atoms with van der Waals surface area (Å²) in [5.41, 5.74) is 0.925. The zero-order valence-electron chi connectivity index (χ0n) is 12.1. The number of hydrogen-bond donors (Lipinski definition) is 4. The molecule has 1 aliphatic heterocycles. The maximum atomic E-state index is 10.9. The van der Waals surface area contributed by atoms with Crippen LogP contribution >= 0.6 is 0 Å². The number of carboxylic acids is 1. The molecule has 6 nitrogen and oxygen atoms in total. The average molecular weight is 296 g/mol. The van der Waals surface area contributed by atoms with Crippen LogP contribution in [0.3, 0.4) is 0 Å². The smallest absolute Gasteiger partial charge is 0.306 e. The first kappa shape index (κ1) is 16.2. The maximum absolute atomic E-state index is 10.9. The summed E-state index contributed by atoms with van der Waals surface area (Å²) in [6.07, 6.45) is 7.31. The molecule has 1 heterocycles. The van der Waals surface area contributed by atoms with Gasteiger partial charge in [-0.2, -0.15) is 0 Å². The first-order chi connectivity index (χ1) is 10.1. The van der Waals surface area contributed by atoms with Crippen LogP contribution in [0.4, 0.5) is 0 Å². The number of allylic oxidation sites excluding steroid dienone is 3. The second-order valence-corrected chi connectivity index (χ2v) is 5.65. The van der Waals surface area contributed by atoms with Crippen LogP contribution in [0.15, 0.2) is 23.8 Å². The number of aliphatic hydroxyl groups excluding tert-OH is 2. The zero-order chi connectivity index (χ0) is 15.2. The van der Waals surface area contributed by atoms with Gasteiger partial charge >= 0.3 is 5.97 Å². The summed E-state index contributed by atoms with van der Waals surface area (Å²) < 4.78 is 0. The van der Waals surface area contributed by atoms with Gasteiger partial charge in [0.1, 0.15) is 12.5 Å². The van der Waals surface area contributed by atoms with E-state index < -0.39 is 18.4 Å². The first-order valence-corrected chi connectivity index (χ1v) is 7.50. The lowest BCUT2D eigenvalue weighted by Gasteiger charge is -2.34. The van der Waals surface area contributed by atoms with Gasteiger partial charge in [0.25, 0.3) is 0 Å². The highest BCUT2D eigenvalue weighted by Gasteiger charge is 2.27. The number of hydrogen-bond acceptors (Lipinski definition) is 5. The third kappa shape index (κ3) is 4.64. The first-order valence-electron chi connectivity index (χ1n) is 7.50. The minimum Gasteiger partial charge on any atom is -0.481 e. The van der Waals surface area contributed by atoms with E-state index in [2.05, 4.69) is 11.4 Å². The lowest BCUT2D eigenvalue weighted by atomic mass is 9.97. The molecule has 2 rings (SSSR count). The molecule has 1 aliphatic carbocycles. The molecule has 2 atom stereocenters. The Kier molecular flexibility index (Phi) is 5.93. The molecule has 1 fully saturated rings. The van der Waals surface area contributed by atoms with Crippen molar-refractivity contribution in [1.82, 2.24) is 10.2 Å². The molecule has 0 aromatic heterocycles. The van der Waals surface area contributed by atoms with Crippen molar-refractivity contribution in [3.8, 4) is 0 Å². The topological polar surface area (TPSA) is 93.0 Å². The number of carboxylic acid groups (broad SMARTS) is 1. The van der Waals surface area contributed by atoms with Crippen molar-refractivity contribution in [2.24, 2.45) is 5.92 Å². The van der Waals surface area contributed by atoms with Crippen molar-refractivity contribution in [2.45, 2.75) is 38.1 Å². The van der Waals surface area contributed by atoms with E-state index in [9.17, 15) is 15.0 Å². The van der Waals surface area contributed by atoms with E-state index in [4.69, 9.17) is 5.11 Å². The molecule has 0 amide bonds. The molecule has 118 valence electrons. The van der Waals surface area contributed by atoms with Crippen molar-refractivity contribution in [3.63, 3.8) is 0 Å². The summed E-state index contributed by atoms with van der Waals surface area (Å²) in [4.78, 5) is 12.7. The van der Waals surface area contributed by atoms with Gasteiger partial charge in [-0.05, 0) is 31.3 Å². The van der Waals surface area contributed by atoms with Crippen LogP contribution in [0.1, 0.15) is 25.7 Å². The Bertz CT molecular complexity index is 414. The number of rotatable bonds is 6. The molecule has 6 heteroatoms. The highest BCUT2D eigenvalue weighted by Crippen LogP contribution is 2.19. The van der Waals surface area contributed by atoms with E-state index in [0.717, 1.165) is 18.4 Å². The Morgan fingerprint density at radius 2 is 2.10 bits per heavy atom. The van der Waals surface area contributed by atoms with Crippen molar-refractivity contribution in [1.29, 1.82) is 0 Å². The molecule has 0 aromatic carbocycles. The van der Waals surface area contributed by atoms with Gasteiger partial charge in [-0.1, -0.05) is 18.2 Å². The van der Waals surface area contributed by atoms with Crippen LogP contribution in [-0.4, -0.2) is 58.3 Å². The van der Waals surface area contributed by atoms with Crippen LogP contribution in [0, 0.1) is 5.92 Å². The molecular formula is C15H24N2O4. The average Bonchev–Trinajstić information content (AvgIpc) is 2.53. The Labute approximate surface area is 124 Å². The highest BCUT2D eigenvalue weighted by atomic mass is 16.4. The predicted octanol–water partition coefficient (Wildman–Crippen LogP) is 0.286. The van der Waals surface area contributed by atoms with E-state index in [-0.39, 0.29) is 12.5 Å². The van der Waals surface area contributed by atoms with E-state index in [1.807, 2.05) is 17.1 Å². The molecule has 1 saturated heterocycles. The Hall–Kier alpha value is -1.21. The van der Waals surface area contributed by atoms with Crippen LogP contribution in [0.25, 0.3) is 0 Å². The molecule has 0 radical (unpaired) electrons. The number of aliphatic carboxylic acids is 1. The lowest BCUT2D eigenvalue weighted by Crippen LogP contribution is -2.49. The summed E-state index contributed by atoms with van der Waals surface area (Å²) in [5, 5.41) is 32.0. The van der Waals surface area contributed by atoms with Gasteiger partial charge in [0.05, 0.1) is 5.92 Å². The fraction of sp³-hybridized carbons (Fsp3) is 0.667. The molecular weight excluding hydrogens is 272 g/mol. The van der Waals surface area contributed by atoms with Crippen LogP contribution in [-0.2, 0) is 4.79 Å². The quantitative estimate of drug-likeness (QED) is 0.526. The molecule has 2 unspecified atom stereocenters. The number of nitrogens with one attached hydrogen (secondary N) is 1. The fourth-order valence-corrected chi connectivity index (χ4v) is 2.77. The molecule has 0 aromatic rings. The normalized spacial score (nSPS) is 23.6. The molecule has 0 saturated carbocycles. The Balaban J connectivity index is 1.72. The third-order valence-corrected chi connectivity index (χ3v) is 4.19. The largest absolute Gasteiger partial charge is 0.481 e. The van der Waals surface area contributed by atoms with Crippen LogP contribution in [0.2, 0.25) is 0 Å². The van der Waals surface area contributed by atoms with E-state index in [1.165, 1.54) is 0 Å². The summed E-state index contributed by atoms with van der Waals surface area (Å²) in [7, 11) is 0. The molecule has 0 bridgehead atoms. The predicted molar refractivity (Wildman–Crippen MR) is 78.4 cm³/mol. The fourth-order valence-electron chi connectivity index (χ4n) is 2.77. The van der Waals surface area contributed by atoms with Gasteiger partial charge in [0.15, 0.2) is 0 Å². The summed E-state index contributed by atoms with van der Waals surface area (Å²) in [5.74, 6) is -1.05. The minimum atomic E-state index is -0.755. The summed E-state index contributed by atoms with van der Waals surface area (Å²) >= 11 is 0. The van der Waals surface area contributed by atoms with Crippen LogP contribution in [0.5, 0.6) is 0 Å². The van der Waals surface area contributed by atoms with Crippen molar-refractivity contribution in [2.75, 3.05) is 19.6 Å². The molecule has 2 aliphatic rings. The van der Waals surface area contributed by atoms with Crippen molar-refractivity contribution >= 4 is 5.97 Å². The van der Waals surface area contributed by atoms with Gasteiger partial charge < -0.3 is 15.3 Å². The molecule has 0 spiro atoms. The number of piperidine rings is 1. The maximum Gasteiger partial charge on any atom is 0.306 e. The van der Waals surface area contributed by atoms with E-state index in [0.29, 0.717) is 25.9 Å². The number of carbonyl (C=O) groups is 1. The summed E-state index contributed by atoms with van der Waals surface area (Å²) in [6.45, 7) is 1.41. The van der Waals surface area contributed by atoms with Gasteiger partial charge in [-0.25, -0.2) is 0 Å². The van der Waals surface area contributed by atoms with Gasteiger partial charge in [-0.3, -0.25) is 15.0 Å². The Morgan fingerprint density at radius 3 is 2.67 bits per heavy atom. The second-order valence-electron chi connectivity index (χ2n) is 5.65. The SMILES string of the molecule is O=C(O)C1CCN(C(O)CNC(O)C2=CC=CCC2)CC1.